The average molecular weight is 387 g/mol. The molecule has 0 fully saturated rings. The third kappa shape index (κ3) is 3.95. The van der Waals surface area contributed by atoms with E-state index in [0.29, 0.717) is 5.69 Å². The van der Waals surface area contributed by atoms with Gasteiger partial charge in [-0.1, -0.05) is 29.5 Å². The number of rotatable bonds is 6. The lowest BCUT2D eigenvalue weighted by Gasteiger charge is -2.14. The summed E-state index contributed by atoms with van der Waals surface area (Å²) in [5.74, 6) is 0. The largest absolute Gasteiger partial charge is 0.371 e. The van der Waals surface area contributed by atoms with Crippen molar-refractivity contribution >= 4 is 21.2 Å². The number of nitro benzene ring substituents is 1. The van der Waals surface area contributed by atoms with Crippen molar-refractivity contribution in [3.8, 4) is 5.69 Å². The van der Waals surface area contributed by atoms with Gasteiger partial charge < -0.3 is 5.32 Å². The van der Waals surface area contributed by atoms with Crippen LogP contribution in [0.4, 0.5) is 11.4 Å². The van der Waals surface area contributed by atoms with Gasteiger partial charge in [-0.05, 0) is 31.2 Å². The summed E-state index contributed by atoms with van der Waals surface area (Å²) in [5, 5.41) is 22.6. The molecule has 3 aromatic rings. The van der Waals surface area contributed by atoms with E-state index in [2.05, 4.69) is 15.6 Å². The van der Waals surface area contributed by atoms with Crippen LogP contribution >= 0.6 is 0 Å². The van der Waals surface area contributed by atoms with Crippen molar-refractivity contribution in [1.29, 1.82) is 0 Å². The molecule has 1 heterocycles. The molecule has 0 aliphatic heterocycles. The zero-order chi connectivity index (χ0) is 19.6. The van der Waals surface area contributed by atoms with E-state index in [1.807, 2.05) is 30.3 Å². The van der Waals surface area contributed by atoms with Gasteiger partial charge in [0.15, 0.2) is 9.84 Å². The highest BCUT2D eigenvalue weighted by Gasteiger charge is 2.27. The van der Waals surface area contributed by atoms with Gasteiger partial charge in [0.05, 0.1) is 22.8 Å². The van der Waals surface area contributed by atoms with Crippen molar-refractivity contribution in [2.24, 2.45) is 0 Å². The lowest BCUT2D eigenvalue weighted by atomic mass is 10.2. The van der Waals surface area contributed by atoms with Crippen LogP contribution < -0.4 is 5.32 Å². The summed E-state index contributed by atoms with van der Waals surface area (Å²) in [4.78, 5) is 10.4. The molecule has 2 aromatic carbocycles. The van der Waals surface area contributed by atoms with Crippen LogP contribution in [0.2, 0.25) is 0 Å². The summed E-state index contributed by atoms with van der Waals surface area (Å²) in [6.07, 6.45) is 2.65. The molecule has 0 spiro atoms. The van der Waals surface area contributed by atoms with Gasteiger partial charge in [-0.2, -0.15) is 0 Å². The first-order valence-corrected chi connectivity index (χ1v) is 9.88. The molecule has 10 heteroatoms. The van der Waals surface area contributed by atoms with E-state index in [9.17, 15) is 18.5 Å². The molecule has 1 N–H and O–H groups in total. The van der Waals surface area contributed by atoms with E-state index in [1.165, 1.54) is 18.2 Å². The number of aromatic nitrogens is 3. The van der Waals surface area contributed by atoms with Crippen LogP contribution in [0.5, 0.6) is 0 Å². The fourth-order valence-electron chi connectivity index (χ4n) is 2.62. The Hall–Kier alpha value is -3.27. The second-order valence-electron chi connectivity index (χ2n) is 5.97. The fraction of sp³-hybridized carbons (Fsp3) is 0.176. The number of anilines is 1. The average Bonchev–Trinajstić information content (AvgIpc) is 3.11. The van der Waals surface area contributed by atoms with Gasteiger partial charge in [-0.25, -0.2) is 13.1 Å². The van der Waals surface area contributed by atoms with E-state index in [1.54, 1.807) is 17.8 Å². The molecule has 9 nitrogen and oxygen atoms in total. The number of nitrogens with one attached hydrogen (secondary N) is 1. The molecule has 140 valence electrons. The Morgan fingerprint density at radius 2 is 1.85 bits per heavy atom. The summed E-state index contributed by atoms with van der Waals surface area (Å²) in [7, 11) is -3.75. The quantitative estimate of drug-likeness (QED) is 0.510. The van der Waals surface area contributed by atoms with Crippen molar-refractivity contribution in [2.75, 3.05) is 11.6 Å². The normalized spacial score (nSPS) is 12.5. The zero-order valence-electron chi connectivity index (χ0n) is 14.6. The third-order valence-corrected chi connectivity index (χ3v) is 5.06. The number of nitrogens with zero attached hydrogens (tertiary/aromatic N) is 4. The summed E-state index contributed by atoms with van der Waals surface area (Å²) in [5.41, 5.74) is 0.999. The number of para-hydroxylation sites is 2. The van der Waals surface area contributed by atoms with Gasteiger partial charge in [0.2, 0.25) is 0 Å². The van der Waals surface area contributed by atoms with Crippen LogP contribution in [0, 0.1) is 10.1 Å². The third-order valence-electron chi connectivity index (χ3n) is 3.93. The maximum absolute atomic E-state index is 11.9. The number of hydrogen-bond acceptors (Lipinski definition) is 7. The predicted molar refractivity (Wildman–Crippen MR) is 99.6 cm³/mol. The monoisotopic (exact) mass is 387 g/mol. The molecular weight excluding hydrogens is 370 g/mol. The van der Waals surface area contributed by atoms with Crippen molar-refractivity contribution in [3.05, 3.63) is 70.5 Å². The van der Waals surface area contributed by atoms with Crippen LogP contribution in [-0.2, 0) is 9.84 Å². The van der Waals surface area contributed by atoms with E-state index in [0.717, 1.165) is 11.9 Å². The number of hydrogen-bond donors (Lipinski definition) is 1. The van der Waals surface area contributed by atoms with Crippen LogP contribution in [-0.4, -0.2) is 34.6 Å². The van der Waals surface area contributed by atoms with E-state index in [-0.39, 0.29) is 10.6 Å². The van der Waals surface area contributed by atoms with Crippen LogP contribution in [0.1, 0.15) is 18.7 Å². The molecule has 0 bridgehead atoms. The maximum atomic E-state index is 11.9. The molecule has 27 heavy (non-hydrogen) atoms. The maximum Gasteiger partial charge on any atom is 0.310 e. The molecular formula is C17H17N5O4S. The molecule has 0 aliphatic rings. The zero-order valence-corrected chi connectivity index (χ0v) is 15.4. The first-order valence-electron chi connectivity index (χ1n) is 7.99. The van der Waals surface area contributed by atoms with E-state index < -0.39 is 26.5 Å². The highest BCUT2D eigenvalue weighted by Crippen LogP contribution is 2.33. The molecule has 1 unspecified atom stereocenters. The van der Waals surface area contributed by atoms with Gasteiger partial charge in [0.25, 0.3) is 0 Å². The molecule has 0 radical (unpaired) electrons. The van der Waals surface area contributed by atoms with E-state index in [4.69, 9.17) is 0 Å². The van der Waals surface area contributed by atoms with Crippen molar-refractivity contribution in [3.63, 3.8) is 0 Å². The summed E-state index contributed by atoms with van der Waals surface area (Å²) in [6.45, 7) is 1.76. The Labute approximate surface area is 155 Å². The Morgan fingerprint density at radius 3 is 2.48 bits per heavy atom. The van der Waals surface area contributed by atoms with Crippen LogP contribution in [0.15, 0.2) is 59.6 Å². The first kappa shape index (κ1) is 18.5. The lowest BCUT2D eigenvalue weighted by molar-refractivity contribution is -0.386. The lowest BCUT2D eigenvalue weighted by Crippen LogP contribution is -2.11. The molecule has 3 rings (SSSR count). The highest BCUT2D eigenvalue weighted by atomic mass is 32.2. The van der Waals surface area contributed by atoms with E-state index >= 15 is 0 Å². The Kier molecular flexibility index (Phi) is 4.91. The van der Waals surface area contributed by atoms with Gasteiger partial charge >= 0.3 is 5.69 Å². The van der Waals surface area contributed by atoms with Crippen molar-refractivity contribution in [1.82, 2.24) is 15.0 Å². The number of benzene rings is 2. The molecule has 0 amide bonds. The van der Waals surface area contributed by atoms with Gasteiger partial charge in [-0.3, -0.25) is 10.1 Å². The first-order chi connectivity index (χ1) is 12.8. The topological polar surface area (TPSA) is 120 Å². The highest BCUT2D eigenvalue weighted by molar-refractivity contribution is 7.90. The van der Waals surface area contributed by atoms with Crippen LogP contribution in [0.3, 0.4) is 0 Å². The minimum Gasteiger partial charge on any atom is -0.371 e. The van der Waals surface area contributed by atoms with Gasteiger partial charge in [0, 0.05) is 6.26 Å². The van der Waals surface area contributed by atoms with Crippen LogP contribution in [0.25, 0.3) is 5.69 Å². The molecule has 0 saturated carbocycles. The second kappa shape index (κ2) is 7.16. The Morgan fingerprint density at radius 1 is 1.15 bits per heavy atom. The summed E-state index contributed by atoms with van der Waals surface area (Å²) in [6, 6.07) is 13.1. The molecule has 1 atom stereocenters. The number of sulfone groups is 1. The van der Waals surface area contributed by atoms with Crippen molar-refractivity contribution < 1.29 is 13.3 Å². The molecule has 0 saturated heterocycles. The Bertz CT molecular complexity index is 1080. The SMILES string of the molecule is CC(Nc1cccc(S(C)(=O)=O)c1[N+](=O)[O-])c1cn(-c2ccccc2)nn1. The standard InChI is InChI=1S/C17H17N5O4S/c1-12(15-11-21(20-19-15)13-7-4-3-5-8-13)18-14-9-6-10-16(27(2,25)26)17(14)22(23)24/h3-12,18H,1-2H3. The molecule has 1 aromatic heterocycles. The van der Waals surface area contributed by atoms with Crippen molar-refractivity contribution in [2.45, 2.75) is 17.9 Å². The Balaban J connectivity index is 1.92. The van der Waals surface area contributed by atoms with Gasteiger partial charge in [-0.15, -0.1) is 5.10 Å². The summed E-state index contributed by atoms with van der Waals surface area (Å²) >= 11 is 0. The number of nitro groups is 1. The smallest absolute Gasteiger partial charge is 0.310 e. The fourth-order valence-corrected chi connectivity index (χ4v) is 3.48. The van der Waals surface area contributed by atoms with Gasteiger partial charge in [0.1, 0.15) is 16.3 Å². The molecule has 0 aliphatic carbocycles. The summed E-state index contributed by atoms with van der Waals surface area (Å²) < 4.78 is 25.3. The minimum absolute atomic E-state index is 0.102. The predicted octanol–water partition coefficient (Wildman–Crippen LogP) is 2.75. The second-order valence-corrected chi connectivity index (χ2v) is 7.96. The minimum atomic E-state index is -3.75.